The fraction of sp³-hybridized carbons (Fsp3) is 0.429. The molecule has 6 nitrogen and oxygen atoms in total. The van der Waals surface area contributed by atoms with Gasteiger partial charge in [0.2, 0.25) is 5.91 Å². The van der Waals surface area contributed by atoms with Crippen LogP contribution in [-0.2, 0) is 11.3 Å². The molecule has 0 fully saturated rings. The molecule has 0 bridgehead atoms. The Hall–Kier alpha value is -2.08. The van der Waals surface area contributed by atoms with Crippen molar-refractivity contribution in [2.24, 2.45) is 16.8 Å². The van der Waals surface area contributed by atoms with Gasteiger partial charge in [-0.2, -0.15) is 5.10 Å². The second-order valence-electron chi connectivity index (χ2n) is 4.67. The number of benzene rings is 1. The summed E-state index contributed by atoms with van der Waals surface area (Å²) < 4.78 is 10.8. The SMILES string of the molecule is COc1ccc(C2=NNC(=O)CC2C)c(OC)c1CN. The minimum Gasteiger partial charge on any atom is -0.496 e. The minimum atomic E-state index is -0.0761. The van der Waals surface area contributed by atoms with Crippen molar-refractivity contribution in [3.8, 4) is 11.5 Å². The first-order valence-corrected chi connectivity index (χ1v) is 6.43. The van der Waals surface area contributed by atoms with E-state index in [-0.39, 0.29) is 11.8 Å². The Morgan fingerprint density at radius 3 is 2.70 bits per heavy atom. The lowest BCUT2D eigenvalue weighted by Crippen LogP contribution is -2.32. The molecule has 1 aromatic carbocycles. The number of rotatable bonds is 4. The molecule has 1 aliphatic heterocycles. The van der Waals surface area contributed by atoms with Gasteiger partial charge in [0.25, 0.3) is 0 Å². The van der Waals surface area contributed by atoms with Crippen LogP contribution < -0.4 is 20.6 Å². The molecular formula is C14H19N3O3. The molecule has 0 radical (unpaired) electrons. The second kappa shape index (κ2) is 5.92. The maximum atomic E-state index is 11.3. The average molecular weight is 277 g/mol. The summed E-state index contributed by atoms with van der Waals surface area (Å²) in [5.41, 5.74) is 10.7. The van der Waals surface area contributed by atoms with E-state index in [0.29, 0.717) is 24.5 Å². The third kappa shape index (κ3) is 2.46. The number of carbonyl (C=O) groups is 1. The van der Waals surface area contributed by atoms with Crippen molar-refractivity contribution in [3.63, 3.8) is 0 Å². The number of hydrazone groups is 1. The second-order valence-corrected chi connectivity index (χ2v) is 4.67. The molecule has 20 heavy (non-hydrogen) atoms. The zero-order valence-corrected chi connectivity index (χ0v) is 11.9. The topological polar surface area (TPSA) is 85.9 Å². The van der Waals surface area contributed by atoms with Crippen molar-refractivity contribution in [1.29, 1.82) is 0 Å². The Morgan fingerprint density at radius 2 is 2.15 bits per heavy atom. The third-order valence-electron chi connectivity index (χ3n) is 3.38. The van der Waals surface area contributed by atoms with Gasteiger partial charge in [-0.3, -0.25) is 4.79 Å². The summed E-state index contributed by atoms with van der Waals surface area (Å²) in [6.45, 7) is 2.26. The van der Waals surface area contributed by atoms with E-state index in [0.717, 1.165) is 16.8 Å². The Balaban J connectivity index is 2.54. The summed E-state index contributed by atoms with van der Waals surface area (Å²) >= 11 is 0. The molecule has 1 aromatic rings. The Bertz CT molecular complexity index is 555. The van der Waals surface area contributed by atoms with Crippen LogP contribution in [0.1, 0.15) is 24.5 Å². The van der Waals surface area contributed by atoms with Crippen LogP contribution in [0.3, 0.4) is 0 Å². The van der Waals surface area contributed by atoms with Gasteiger partial charge in [-0.25, -0.2) is 5.43 Å². The van der Waals surface area contributed by atoms with Crippen LogP contribution in [0.5, 0.6) is 11.5 Å². The number of amides is 1. The lowest BCUT2D eigenvalue weighted by Gasteiger charge is -2.22. The molecule has 1 amide bonds. The molecule has 0 aliphatic carbocycles. The molecule has 2 rings (SSSR count). The van der Waals surface area contributed by atoms with Crippen LogP contribution in [0.25, 0.3) is 0 Å². The van der Waals surface area contributed by atoms with Crippen LogP contribution in [0.4, 0.5) is 0 Å². The number of methoxy groups -OCH3 is 2. The van der Waals surface area contributed by atoms with Crippen LogP contribution >= 0.6 is 0 Å². The van der Waals surface area contributed by atoms with Crippen LogP contribution in [-0.4, -0.2) is 25.8 Å². The van der Waals surface area contributed by atoms with E-state index in [2.05, 4.69) is 10.5 Å². The Labute approximate surface area is 117 Å². The van der Waals surface area contributed by atoms with E-state index in [1.807, 2.05) is 19.1 Å². The predicted molar refractivity (Wildman–Crippen MR) is 75.9 cm³/mol. The number of hydrogen-bond acceptors (Lipinski definition) is 5. The number of nitrogens with one attached hydrogen (secondary N) is 1. The van der Waals surface area contributed by atoms with E-state index in [4.69, 9.17) is 15.2 Å². The highest BCUT2D eigenvalue weighted by Crippen LogP contribution is 2.34. The van der Waals surface area contributed by atoms with Gasteiger partial charge < -0.3 is 15.2 Å². The number of nitrogens with two attached hydrogens (primary N) is 1. The molecule has 0 saturated heterocycles. The van der Waals surface area contributed by atoms with Gasteiger partial charge in [0.05, 0.1) is 25.5 Å². The van der Waals surface area contributed by atoms with Crippen LogP contribution in [0.15, 0.2) is 17.2 Å². The van der Waals surface area contributed by atoms with Crippen molar-refractivity contribution in [2.75, 3.05) is 14.2 Å². The maximum absolute atomic E-state index is 11.3. The highest BCUT2D eigenvalue weighted by Gasteiger charge is 2.26. The molecular weight excluding hydrogens is 258 g/mol. The molecule has 3 N–H and O–H groups in total. The molecule has 108 valence electrons. The highest BCUT2D eigenvalue weighted by atomic mass is 16.5. The van der Waals surface area contributed by atoms with E-state index in [1.54, 1.807) is 14.2 Å². The zero-order valence-electron chi connectivity index (χ0n) is 11.9. The van der Waals surface area contributed by atoms with Gasteiger partial charge in [-0.05, 0) is 12.1 Å². The fourth-order valence-electron chi connectivity index (χ4n) is 2.41. The number of hydrogen-bond donors (Lipinski definition) is 2. The molecule has 6 heteroatoms. The predicted octanol–water partition coefficient (Wildman–Crippen LogP) is 1.02. The molecule has 0 aromatic heterocycles. The van der Waals surface area contributed by atoms with Gasteiger partial charge >= 0.3 is 0 Å². The van der Waals surface area contributed by atoms with Crippen molar-refractivity contribution < 1.29 is 14.3 Å². The molecule has 0 saturated carbocycles. The van der Waals surface area contributed by atoms with E-state index >= 15 is 0 Å². The molecule has 1 heterocycles. The van der Waals surface area contributed by atoms with Crippen molar-refractivity contribution >= 4 is 11.6 Å². The molecule has 1 unspecified atom stereocenters. The van der Waals surface area contributed by atoms with E-state index in [1.165, 1.54) is 0 Å². The largest absolute Gasteiger partial charge is 0.496 e. The molecule has 1 atom stereocenters. The van der Waals surface area contributed by atoms with E-state index in [9.17, 15) is 4.79 Å². The minimum absolute atomic E-state index is 0.0247. The van der Waals surface area contributed by atoms with Crippen molar-refractivity contribution in [2.45, 2.75) is 19.9 Å². The Kier molecular flexibility index (Phi) is 4.24. The summed E-state index contributed by atoms with van der Waals surface area (Å²) in [6, 6.07) is 3.72. The highest BCUT2D eigenvalue weighted by molar-refractivity contribution is 6.07. The summed E-state index contributed by atoms with van der Waals surface area (Å²) in [7, 11) is 3.18. The van der Waals surface area contributed by atoms with Gasteiger partial charge in [0, 0.05) is 24.4 Å². The van der Waals surface area contributed by atoms with Gasteiger partial charge in [0.1, 0.15) is 11.5 Å². The standard InChI is InChI=1S/C14H19N3O3/c1-8-6-12(18)16-17-13(8)9-4-5-11(19-2)10(7-15)14(9)20-3/h4-5,8H,6-7,15H2,1-3H3,(H,16,18). The molecule has 1 aliphatic rings. The Morgan fingerprint density at radius 1 is 1.40 bits per heavy atom. The number of ether oxygens (including phenoxy) is 2. The number of nitrogens with zero attached hydrogens (tertiary/aromatic N) is 1. The summed E-state index contributed by atoms with van der Waals surface area (Å²) in [4.78, 5) is 11.3. The van der Waals surface area contributed by atoms with Crippen molar-refractivity contribution in [3.05, 3.63) is 23.3 Å². The fourth-order valence-corrected chi connectivity index (χ4v) is 2.41. The average Bonchev–Trinajstić information content (AvgIpc) is 2.45. The smallest absolute Gasteiger partial charge is 0.240 e. The zero-order chi connectivity index (χ0) is 14.7. The van der Waals surface area contributed by atoms with Gasteiger partial charge in [-0.15, -0.1) is 0 Å². The van der Waals surface area contributed by atoms with E-state index < -0.39 is 0 Å². The normalized spacial score (nSPS) is 18.3. The van der Waals surface area contributed by atoms with Gasteiger partial charge in [0.15, 0.2) is 0 Å². The monoisotopic (exact) mass is 277 g/mol. The summed E-state index contributed by atoms with van der Waals surface area (Å²) in [5, 5.41) is 4.16. The number of carbonyl (C=O) groups excluding carboxylic acids is 1. The molecule has 0 spiro atoms. The first kappa shape index (κ1) is 14.3. The first-order valence-electron chi connectivity index (χ1n) is 6.43. The third-order valence-corrected chi connectivity index (χ3v) is 3.38. The summed E-state index contributed by atoms with van der Waals surface area (Å²) in [5.74, 6) is 1.28. The lowest BCUT2D eigenvalue weighted by atomic mass is 9.92. The van der Waals surface area contributed by atoms with Crippen LogP contribution in [0, 0.1) is 5.92 Å². The quantitative estimate of drug-likeness (QED) is 0.860. The summed E-state index contributed by atoms with van der Waals surface area (Å²) in [6.07, 6.45) is 0.409. The van der Waals surface area contributed by atoms with Crippen LogP contribution in [0.2, 0.25) is 0 Å². The van der Waals surface area contributed by atoms with Gasteiger partial charge in [-0.1, -0.05) is 6.92 Å². The lowest BCUT2D eigenvalue weighted by molar-refractivity contribution is -0.121. The first-order chi connectivity index (χ1) is 9.62. The maximum Gasteiger partial charge on any atom is 0.240 e. The van der Waals surface area contributed by atoms with Crippen molar-refractivity contribution in [1.82, 2.24) is 5.43 Å².